The van der Waals surface area contributed by atoms with Crippen LogP contribution in [0.2, 0.25) is 0 Å². The lowest BCUT2D eigenvalue weighted by atomic mass is 9.84. The van der Waals surface area contributed by atoms with Crippen molar-refractivity contribution >= 4 is 11.9 Å². The van der Waals surface area contributed by atoms with Crippen LogP contribution < -0.4 is 0 Å². The lowest BCUT2D eigenvalue weighted by molar-refractivity contribution is -0.127. The molecule has 4 heteroatoms. The van der Waals surface area contributed by atoms with Gasteiger partial charge in [0.15, 0.2) is 0 Å². The van der Waals surface area contributed by atoms with Gasteiger partial charge in [0.1, 0.15) is 12.4 Å². The number of carbonyl (C=O) groups excluding carboxylic acids is 2. The van der Waals surface area contributed by atoms with E-state index >= 15 is 0 Å². The standard InChI is InChI=1S/C25H33NO3/c1-24(2,3)22(27)17-21(20-15-11-8-12-16-20)26(25(4,5)6)23(28)29-18-19-13-9-7-10-14-19/h7-16,21H,17-18H2,1-6H3/t21-/m1/s1. The number of amides is 1. The number of ketones is 1. The van der Waals surface area contributed by atoms with E-state index in [2.05, 4.69) is 0 Å². The molecule has 0 spiro atoms. The molecular weight excluding hydrogens is 362 g/mol. The highest BCUT2D eigenvalue weighted by Gasteiger charge is 2.38. The molecule has 4 nitrogen and oxygen atoms in total. The minimum atomic E-state index is -0.521. The van der Waals surface area contributed by atoms with Gasteiger partial charge in [0.05, 0.1) is 6.04 Å². The zero-order valence-electron chi connectivity index (χ0n) is 18.4. The first-order valence-corrected chi connectivity index (χ1v) is 10.1. The third kappa shape index (κ3) is 6.45. The van der Waals surface area contributed by atoms with E-state index in [0.717, 1.165) is 11.1 Å². The normalized spacial score (nSPS) is 12.9. The first-order chi connectivity index (χ1) is 13.5. The molecule has 2 aromatic carbocycles. The Bertz CT molecular complexity index is 801. The quantitative estimate of drug-likeness (QED) is 0.587. The van der Waals surface area contributed by atoms with Crippen molar-refractivity contribution in [1.82, 2.24) is 4.90 Å². The first-order valence-electron chi connectivity index (χ1n) is 10.1. The molecule has 0 radical (unpaired) electrons. The molecule has 0 aliphatic rings. The van der Waals surface area contributed by atoms with E-state index in [9.17, 15) is 9.59 Å². The summed E-state index contributed by atoms with van der Waals surface area (Å²) in [4.78, 5) is 27.8. The van der Waals surface area contributed by atoms with Gasteiger partial charge < -0.3 is 4.74 Å². The number of rotatable bonds is 6. The highest BCUT2D eigenvalue weighted by molar-refractivity contribution is 5.85. The van der Waals surface area contributed by atoms with Gasteiger partial charge in [-0.2, -0.15) is 0 Å². The van der Waals surface area contributed by atoms with E-state index in [1.165, 1.54) is 0 Å². The second-order valence-corrected chi connectivity index (χ2v) is 9.38. The lowest BCUT2D eigenvalue weighted by Gasteiger charge is -2.41. The third-order valence-electron chi connectivity index (χ3n) is 4.84. The van der Waals surface area contributed by atoms with Crippen LogP contribution in [0.5, 0.6) is 0 Å². The van der Waals surface area contributed by atoms with Gasteiger partial charge in [-0.1, -0.05) is 81.4 Å². The summed E-state index contributed by atoms with van der Waals surface area (Å²) >= 11 is 0. The number of hydrogen-bond donors (Lipinski definition) is 0. The molecule has 0 aromatic heterocycles. The maximum Gasteiger partial charge on any atom is 0.411 e. The third-order valence-corrected chi connectivity index (χ3v) is 4.84. The van der Waals surface area contributed by atoms with Gasteiger partial charge >= 0.3 is 6.09 Å². The van der Waals surface area contributed by atoms with Gasteiger partial charge in [-0.25, -0.2) is 4.79 Å². The van der Waals surface area contributed by atoms with Crippen LogP contribution in [-0.2, 0) is 16.1 Å². The summed E-state index contributed by atoms with van der Waals surface area (Å²) in [6.07, 6.45) is -0.178. The van der Waals surface area contributed by atoms with Crippen molar-refractivity contribution < 1.29 is 14.3 Å². The molecule has 29 heavy (non-hydrogen) atoms. The Kier molecular flexibility index (Phi) is 7.23. The van der Waals surface area contributed by atoms with E-state index in [1.54, 1.807) is 4.90 Å². The maximum absolute atomic E-state index is 13.2. The van der Waals surface area contributed by atoms with Crippen LogP contribution in [0.1, 0.15) is 65.1 Å². The van der Waals surface area contributed by atoms with Crippen molar-refractivity contribution in [3.63, 3.8) is 0 Å². The summed E-state index contributed by atoms with van der Waals surface area (Å²) in [6, 6.07) is 18.9. The average molecular weight is 396 g/mol. The number of nitrogens with zero attached hydrogens (tertiary/aromatic N) is 1. The molecule has 0 N–H and O–H groups in total. The molecule has 0 unspecified atom stereocenters. The van der Waals surface area contributed by atoms with E-state index in [-0.39, 0.29) is 18.8 Å². The Hall–Kier alpha value is -2.62. The molecule has 0 bridgehead atoms. The van der Waals surface area contributed by atoms with Crippen molar-refractivity contribution in [1.29, 1.82) is 0 Å². The van der Waals surface area contributed by atoms with Crippen LogP contribution in [-0.4, -0.2) is 22.3 Å². The molecule has 2 rings (SSSR count). The Labute approximate surface area is 174 Å². The van der Waals surface area contributed by atoms with Crippen molar-refractivity contribution in [2.45, 2.75) is 66.2 Å². The van der Waals surface area contributed by atoms with Crippen LogP contribution in [0.3, 0.4) is 0 Å². The van der Waals surface area contributed by atoms with E-state index < -0.39 is 23.1 Å². The number of carbonyl (C=O) groups is 2. The molecule has 1 atom stereocenters. The fourth-order valence-electron chi connectivity index (χ4n) is 3.17. The van der Waals surface area contributed by atoms with Crippen molar-refractivity contribution in [3.8, 4) is 0 Å². The topological polar surface area (TPSA) is 46.6 Å². The van der Waals surface area contributed by atoms with Gasteiger partial charge in [-0.3, -0.25) is 9.69 Å². The molecule has 0 saturated heterocycles. The zero-order chi connectivity index (χ0) is 21.7. The molecule has 0 aliphatic heterocycles. The lowest BCUT2D eigenvalue weighted by Crippen LogP contribution is -2.49. The molecule has 1 amide bonds. The number of hydrogen-bond acceptors (Lipinski definition) is 3. The largest absolute Gasteiger partial charge is 0.445 e. The summed E-state index contributed by atoms with van der Waals surface area (Å²) in [6.45, 7) is 11.8. The molecular formula is C25H33NO3. The summed E-state index contributed by atoms with van der Waals surface area (Å²) in [5.41, 5.74) is 0.852. The average Bonchev–Trinajstić information content (AvgIpc) is 2.65. The van der Waals surface area contributed by atoms with Gasteiger partial charge in [0.2, 0.25) is 0 Å². The second-order valence-electron chi connectivity index (χ2n) is 9.38. The minimum Gasteiger partial charge on any atom is -0.445 e. The number of ether oxygens (including phenoxy) is 1. The summed E-state index contributed by atoms with van der Waals surface area (Å²) in [7, 11) is 0. The SMILES string of the molecule is CC(C)(C)C(=O)C[C@H](c1ccccc1)N(C(=O)OCc1ccccc1)C(C)(C)C. The van der Waals surface area contributed by atoms with Crippen molar-refractivity contribution in [2.24, 2.45) is 5.41 Å². The van der Waals surface area contributed by atoms with Crippen molar-refractivity contribution in [3.05, 3.63) is 71.8 Å². The Balaban J connectivity index is 2.35. The molecule has 156 valence electrons. The minimum absolute atomic E-state index is 0.108. The monoisotopic (exact) mass is 395 g/mol. The van der Waals surface area contributed by atoms with Crippen LogP contribution in [0, 0.1) is 5.41 Å². The van der Waals surface area contributed by atoms with E-state index in [0.29, 0.717) is 0 Å². The molecule has 0 saturated carbocycles. The Morgan fingerprint density at radius 3 is 1.86 bits per heavy atom. The Morgan fingerprint density at radius 2 is 1.38 bits per heavy atom. The fraction of sp³-hybridized carbons (Fsp3) is 0.440. The smallest absolute Gasteiger partial charge is 0.411 e. The van der Waals surface area contributed by atoms with Crippen LogP contribution in [0.15, 0.2) is 60.7 Å². The highest BCUT2D eigenvalue weighted by Crippen LogP contribution is 2.34. The van der Waals surface area contributed by atoms with Crippen molar-refractivity contribution in [2.75, 3.05) is 0 Å². The van der Waals surface area contributed by atoms with Gasteiger partial charge in [0, 0.05) is 17.4 Å². The summed E-state index contributed by atoms with van der Waals surface area (Å²) in [5, 5.41) is 0. The summed E-state index contributed by atoms with van der Waals surface area (Å²) < 4.78 is 5.66. The van der Waals surface area contributed by atoms with Gasteiger partial charge in [-0.05, 0) is 31.9 Å². The molecule has 2 aromatic rings. The Morgan fingerprint density at radius 1 is 0.862 bits per heavy atom. The van der Waals surface area contributed by atoms with E-state index in [1.807, 2.05) is 102 Å². The second kappa shape index (κ2) is 9.25. The van der Waals surface area contributed by atoms with Crippen LogP contribution >= 0.6 is 0 Å². The van der Waals surface area contributed by atoms with Gasteiger partial charge in [0.25, 0.3) is 0 Å². The van der Waals surface area contributed by atoms with E-state index in [4.69, 9.17) is 4.74 Å². The van der Waals surface area contributed by atoms with Crippen LogP contribution in [0.25, 0.3) is 0 Å². The molecule has 0 aliphatic carbocycles. The predicted octanol–water partition coefficient (Wildman–Crippen LogP) is 6.17. The summed E-state index contributed by atoms with van der Waals surface area (Å²) in [5.74, 6) is 0.108. The van der Waals surface area contributed by atoms with Gasteiger partial charge in [-0.15, -0.1) is 0 Å². The molecule has 0 fully saturated rings. The van der Waals surface area contributed by atoms with Crippen LogP contribution in [0.4, 0.5) is 4.79 Å². The molecule has 0 heterocycles. The number of Topliss-reactive ketones (excluding diaryl/α,β-unsaturated/α-hetero) is 1. The first kappa shape index (κ1) is 22.7. The fourth-order valence-corrected chi connectivity index (χ4v) is 3.17. The maximum atomic E-state index is 13.2. The number of benzene rings is 2. The zero-order valence-corrected chi connectivity index (χ0v) is 18.4. The predicted molar refractivity (Wildman–Crippen MR) is 116 cm³/mol. The highest BCUT2D eigenvalue weighted by atomic mass is 16.6.